The van der Waals surface area contributed by atoms with Crippen LogP contribution in [-0.2, 0) is 11.8 Å². The quantitative estimate of drug-likeness (QED) is 0.857. The molecule has 1 aromatic carbocycles. The molecule has 0 atom stereocenters. The smallest absolute Gasteiger partial charge is 0.246 e. The number of likely N-dealkylation sites (N-methyl/N-ethyl adjacent to an activating group) is 1. The molecule has 29 heavy (non-hydrogen) atoms. The molecule has 1 amide bonds. The lowest BCUT2D eigenvalue weighted by Crippen LogP contribution is -2.35. The number of hydrogen-bond acceptors (Lipinski definition) is 6. The summed E-state index contributed by atoms with van der Waals surface area (Å²) >= 11 is 0. The molecule has 0 saturated carbocycles. The molecule has 8 nitrogen and oxygen atoms in total. The van der Waals surface area contributed by atoms with Crippen molar-refractivity contribution in [3.63, 3.8) is 0 Å². The van der Waals surface area contributed by atoms with E-state index < -0.39 is 0 Å². The van der Waals surface area contributed by atoms with Gasteiger partial charge in [0, 0.05) is 51.3 Å². The van der Waals surface area contributed by atoms with Crippen molar-refractivity contribution < 1.29 is 4.79 Å². The number of carbonyl (C=O) groups excluding carboxylic acids is 1. The highest BCUT2D eigenvalue weighted by atomic mass is 16.2. The number of rotatable bonds is 3. The number of para-hydroxylation sites is 1. The Kier molecular flexibility index (Phi) is 4.97. The van der Waals surface area contributed by atoms with E-state index in [9.17, 15) is 10.1 Å². The van der Waals surface area contributed by atoms with Gasteiger partial charge in [0.05, 0.1) is 11.3 Å². The maximum absolute atomic E-state index is 12.2. The van der Waals surface area contributed by atoms with Gasteiger partial charge in [-0.05, 0) is 30.9 Å². The first-order valence-electron chi connectivity index (χ1n) is 9.88. The molecule has 2 aliphatic rings. The van der Waals surface area contributed by atoms with Crippen LogP contribution in [0.15, 0.2) is 24.3 Å². The summed E-state index contributed by atoms with van der Waals surface area (Å²) in [7, 11) is 3.70. The molecule has 2 aliphatic heterocycles. The summed E-state index contributed by atoms with van der Waals surface area (Å²) in [5, 5.41) is 17.9. The Morgan fingerprint density at radius 3 is 2.55 bits per heavy atom. The number of benzene rings is 1. The molecule has 4 rings (SSSR count). The molecule has 3 heterocycles. The minimum atomic E-state index is 0.0122. The number of nitrogens with two attached hydrogens (primary N) is 1. The van der Waals surface area contributed by atoms with E-state index in [2.05, 4.69) is 21.2 Å². The zero-order valence-corrected chi connectivity index (χ0v) is 16.8. The average Bonchev–Trinajstić information content (AvgIpc) is 3.08. The lowest BCUT2D eigenvalue weighted by Gasteiger charge is -2.35. The Labute approximate surface area is 170 Å². The number of carbonyl (C=O) groups is 1. The van der Waals surface area contributed by atoms with Crippen LogP contribution in [0.5, 0.6) is 0 Å². The van der Waals surface area contributed by atoms with E-state index in [1.54, 1.807) is 11.0 Å². The van der Waals surface area contributed by atoms with Gasteiger partial charge >= 0.3 is 0 Å². The minimum Gasteiger partial charge on any atom is -0.370 e. The van der Waals surface area contributed by atoms with Crippen LogP contribution in [0, 0.1) is 11.3 Å². The summed E-state index contributed by atoms with van der Waals surface area (Å²) in [6, 6.07) is 8.12. The largest absolute Gasteiger partial charge is 0.370 e. The van der Waals surface area contributed by atoms with Gasteiger partial charge < -0.3 is 20.1 Å². The number of nitriles is 1. The molecule has 0 aliphatic carbocycles. The number of hydrogen-bond donors (Lipinski definition) is 1. The fraction of sp³-hybridized carbons (Fsp3) is 0.429. The average molecular weight is 391 g/mol. The topological polar surface area (TPSA) is 104 Å². The van der Waals surface area contributed by atoms with Crippen molar-refractivity contribution in [3.8, 4) is 6.07 Å². The van der Waals surface area contributed by atoms with E-state index in [1.807, 2.05) is 36.9 Å². The first kappa shape index (κ1) is 19.0. The van der Waals surface area contributed by atoms with Crippen molar-refractivity contribution in [1.82, 2.24) is 19.7 Å². The molecule has 0 unspecified atom stereocenters. The van der Waals surface area contributed by atoms with E-state index in [0.29, 0.717) is 24.0 Å². The van der Waals surface area contributed by atoms with Crippen LogP contribution in [0.1, 0.15) is 42.1 Å². The molecule has 0 bridgehead atoms. The zero-order chi connectivity index (χ0) is 20.5. The van der Waals surface area contributed by atoms with E-state index >= 15 is 0 Å². The predicted octanol–water partition coefficient (Wildman–Crippen LogP) is 1.90. The third-order valence-corrected chi connectivity index (χ3v) is 6.01. The lowest BCUT2D eigenvalue weighted by atomic mass is 9.91. The van der Waals surface area contributed by atoms with Crippen molar-refractivity contribution in [1.29, 1.82) is 5.26 Å². The first-order chi connectivity index (χ1) is 14.0. The van der Waals surface area contributed by atoms with Gasteiger partial charge in [0.25, 0.3) is 0 Å². The second-order valence-electron chi connectivity index (χ2n) is 7.73. The van der Waals surface area contributed by atoms with Crippen molar-refractivity contribution in [2.75, 3.05) is 37.3 Å². The van der Waals surface area contributed by atoms with Crippen LogP contribution in [0.4, 0.5) is 11.6 Å². The Bertz CT molecular complexity index is 1010. The fourth-order valence-corrected chi connectivity index (χ4v) is 4.25. The van der Waals surface area contributed by atoms with Crippen molar-refractivity contribution in [2.24, 2.45) is 7.05 Å². The Morgan fingerprint density at radius 1 is 1.17 bits per heavy atom. The Hall–Kier alpha value is -3.34. The van der Waals surface area contributed by atoms with E-state index in [1.165, 1.54) is 0 Å². The van der Waals surface area contributed by atoms with Crippen LogP contribution in [0.25, 0.3) is 5.57 Å². The fourth-order valence-electron chi connectivity index (χ4n) is 4.25. The van der Waals surface area contributed by atoms with Gasteiger partial charge in [-0.3, -0.25) is 4.79 Å². The van der Waals surface area contributed by atoms with Crippen molar-refractivity contribution >= 4 is 23.1 Å². The molecule has 0 spiro atoms. The summed E-state index contributed by atoms with van der Waals surface area (Å²) < 4.78 is 1.85. The summed E-state index contributed by atoms with van der Waals surface area (Å²) in [5.74, 6) is 1.65. The maximum Gasteiger partial charge on any atom is 0.246 e. The van der Waals surface area contributed by atoms with Gasteiger partial charge in [0.15, 0.2) is 0 Å². The first-order valence-corrected chi connectivity index (χ1v) is 9.88. The SMILES string of the molecule is CN1CCC(c2cccc(C#N)c2N2CCC(c3nnc(N)n3C)CC2)=CC1=O. The standard InChI is InChI=1S/C21H25N7O/c1-26-9-6-15(12-18(26)29)17-5-3-4-16(13-22)19(17)28-10-7-14(8-11-28)20-24-25-21(23)27(20)2/h3-5,12,14H,6-11H2,1-2H3,(H2,23,25). The third kappa shape index (κ3) is 3.44. The Morgan fingerprint density at radius 2 is 1.93 bits per heavy atom. The van der Waals surface area contributed by atoms with E-state index in [-0.39, 0.29) is 5.91 Å². The molecule has 1 aromatic heterocycles. The number of amides is 1. The summed E-state index contributed by atoms with van der Waals surface area (Å²) in [4.78, 5) is 16.2. The Balaban J connectivity index is 1.62. The molecule has 1 fully saturated rings. The molecular weight excluding hydrogens is 366 g/mol. The maximum atomic E-state index is 12.2. The van der Waals surface area contributed by atoms with E-state index in [4.69, 9.17) is 5.73 Å². The molecule has 0 radical (unpaired) electrons. The van der Waals surface area contributed by atoms with Crippen molar-refractivity contribution in [3.05, 3.63) is 41.2 Å². The monoisotopic (exact) mass is 391 g/mol. The van der Waals surface area contributed by atoms with Crippen LogP contribution >= 0.6 is 0 Å². The number of nitrogen functional groups attached to an aromatic ring is 1. The highest BCUT2D eigenvalue weighted by Crippen LogP contribution is 2.37. The van der Waals surface area contributed by atoms with Crippen LogP contribution in [-0.4, -0.2) is 52.3 Å². The zero-order valence-electron chi connectivity index (χ0n) is 16.8. The molecule has 8 heteroatoms. The second kappa shape index (κ2) is 7.59. The normalized spacial score (nSPS) is 18.0. The third-order valence-electron chi connectivity index (χ3n) is 6.01. The number of nitrogens with zero attached hydrogens (tertiary/aromatic N) is 6. The van der Waals surface area contributed by atoms with E-state index in [0.717, 1.165) is 55.0 Å². The summed E-state index contributed by atoms with van der Waals surface area (Å²) in [5.41, 5.74) is 9.42. The molecule has 2 N–H and O–H groups in total. The minimum absolute atomic E-state index is 0.0122. The predicted molar refractivity (Wildman–Crippen MR) is 111 cm³/mol. The van der Waals surface area contributed by atoms with Crippen molar-refractivity contribution in [2.45, 2.75) is 25.2 Å². The highest BCUT2D eigenvalue weighted by Gasteiger charge is 2.28. The summed E-state index contributed by atoms with van der Waals surface area (Å²) in [6.45, 7) is 2.31. The van der Waals surface area contributed by atoms with Gasteiger partial charge in [0.2, 0.25) is 11.9 Å². The van der Waals surface area contributed by atoms with Crippen LogP contribution < -0.4 is 10.6 Å². The lowest BCUT2D eigenvalue weighted by molar-refractivity contribution is -0.125. The van der Waals surface area contributed by atoms with Gasteiger partial charge in [-0.15, -0.1) is 10.2 Å². The van der Waals surface area contributed by atoms with Gasteiger partial charge in [-0.25, -0.2) is 0 Å². The van der Waals surface area contributed by atoms with Gasteiger partial charge in [0.1, 0.15) is 11.9 Å². The molecule has 2 aromatic rings. The summed E-state index contributed by atoms with van der Waals surface area (Å²) in [6.07, 6.45) is 4.31. The van der Waals surface area contributed by atoms with Crippen LogP contribution in [0.2, 0.25) is 0 Å². The van der Waals surface area contributed by atoms with Gasteiger partial charge in [-0.1, -0.05) is 12.1 Å². The molecule has 1 saturated heterocycles. The number of anilines is 2. The highest BCUT2D eigenvalue weighted by molar-refractivity contribution is 5.98. The molecule has 150 valence electrons. The molecular formula is C21H25N7O. The van der Waals surface area contributed by atoms with Crippen LogP contribution in [0.3, 0.4) is 0 Å². The second-order valence-corrected chi connectivity index (χ2v) is 7.73. The number of aromatic nitrogens is 3. The van der Waals surface area contributed by atoms with Gasteiger partial charge in [-0.2, -0.15) is 5.26 Å². The number of piperidine rings is 1.